The van der Waals surface area contributed by atoms with Gasteiger partial charge in [-0.2, -0.15) is 0 Å². The fourth-order valence-corrected chi connectivity index (χ4v) is 3.12. The van der Waals surface area contributed by atoms with Crippen LogP contribution in [0.5, 0.6) is 0 Å². The number of likely N-dealkylation sites (tertiary alicyclic amines) is 1. The van der Waals surface area contributed by atoms with Crippen LogP contribution in [0.1, 0.15) is 42.5 Å². The number of nitrogens with zero attached hydrogens (tertiary/aromatic N) is 2. The third kappa shape index (κ3) is 2.73. The van der Waals surface area contributed by atoms with E-state index in [2.05, 4.69) is 20.9 Å². The molecule has 0 atom stereocenters. The van der Waals surface area contributed by atoms with Crippen molar-refractivity contribution < 1.29 is 4.79 Å². The largest absolute Gasteiger partial charge is 0.338 e. The van der Waals surface area contributed by atoms with Gasteiger partial charge in [0, 0.05) is 30.0 Å². The smallest absolute Gasteiger partial charge is 0.255 e. The van der Waals surface area contributed by atoms with Crippen LogP contribution in [0, 0.1) is 0 Å². The minimum Gasteiger partial charge on any atom is -0.338 e. The summed E-state index contributed by atoms with van der Waals surface area (Å²) < 4.78 is 0.854. The van der Waals surface area contributed by atoms with E-state index in [1.807, 2.05) is 11.0 Å². The molecule has 3 rings (SSSR count). The summed E-state index contributed by atoms with van der Waals surface area (Å²) in [4.78, 5) is 18.4. The van der Waals surface area contributed by atoms with E-state index >= 15 is 0 Å². The molecule has 1 saturated carbocycles. The summed E-state index contributed by atoms with van der Waals surface area (Å²) in [6, 6.07) is 1.84. The van der Waals surface area contributed by atoms with Gasteiger partial charge < -0.3 is 4.90 Å². The van der Waals surface area contributed by atoms with Gasteiger partial charge >= 0.3 is 0 Å². The molecule has 0 spiro atoms. The number of halogens is 1. The Morgan fingerprint density at radius 2 is 1.79 bits per heavy atom. The summed E-state index contributed by atoms with van der Waals surface area (Å²) in [5.74, 6) is 0.103. The van der Waals surface area contributed by atoms with Crippen molar-refractivity contribution in [2.45, 2.75) is 32.1 Å². The van der Waals surface area contributed by atoms with Gasteiger partial charge in [-0.05, 0) is 54.1 Å². The zero-order chi connectivity index (χ0) is 13.2. The molecule has 1 aromatic rings. The highest BCUT2D eigenvalue weighted by Crippen LogP contribution is 2.33. The number of allylic oxidation sites excluding steroid dienone is 1. The summed E-state index contributed by atoms with van der Waals surface area (Å²) in [7, 11) is 0. The maximum absolute atomic E-state index is 12.4. The molecule has 0 N–H and O–H groups in total. The monoisotopic (exact) mass is 320 g/mol. The number of hydrogen-bond acceptors (Lipinski definition) is 2. The molecule has 1 amide bonds. The Hall–Kier alpha value is -1.16. The number of piperidine rings is 1. The molecule has 0 radical (unpaired) electrons. The molecule has 19 heavy (non-hydrogen) atoms. The summed E-state index contributed by atoms with van der Waals surface area (Å²) >= 11 is 3.36. The van der Waals surface area contributed by atoms with Crippen LogP contribution in [0.4, 0.5) is 0 Å². The molecular weight excluding hydrogens is 304 g/mol. The minimum absolute atomic E-state index is 0.103. The van der Waals surface area contributed by atoms with Crippen LogP contribution in [0.2, 0.25) is 0 Å². The van der Waals surface area contributed by atoms with Crippen LogP contribution in [0.25, 0.3) is 0 Å². The molecule has 0 bridgehead atoms. The van der Waals surface area contributed by atoms with Gasteiger partial charge in [0.2, 0.25) is 0 Å². The Labute approximate surface area is 121 Å². The summed E-state index contributed by atoms with van der Waals surface area (Å²) in [6.45, 7) is 1.70. The van der Waals surface area contributed by atoms with E-state index in [0.29, 0.717) is 5.56 Å². The topological polar surface area (TPSA) is 33.2 Å². The highest BCUT2D eigenvalue weighted by molar-refractivity contribution is 9.10. The van der Waals surface area contributed by atoms with Crippen LogP contribution < -0.4 is 0 Å². The first-order chi connectivity index (χ1) is 9.24. The Morgan fingerprint density at radius 1 is 1.11 bits per heavy atom. The molecule has 2 fully saturated rings. The number of rotatable bonds is 1. The van der Waals surface area contributed by atoms with E-state index in [4.69, 9.17) is 0 Å². The molecule has 0 unspecified atom stereocenters. The van der Waals surface area contributed by atoms with Crippen LogP contribution in [0.15, 0.2) is 34.1 Å². The van der Waals surface area contributed by atoms with Gasteiger partial charge in [0.1, 0.15) is 0 Å². The average Bonchev–Trinajstić information content (AvgIpc) is 2.37. The maximum Gasteiger partial charge on any atom is 0.255 e. The van der Waals surface area contributed by atoms with Crippen molar-refractivity contribution in [2.75, 3.05) is 13.1 Å². The zero-order valence-electron chi connectivity index (χ0n) is 10.9. The van der Waals surface area contributed by atoms with Crippen LogP contribution in [-0.2, 0) is 0 Å². The van der Waals surface area contributed by atoms with Crippen molar-refractivity contribution in [3.8, 4) is 0 Å². The highest BCUT2D eigenvalue weighted by Gasteiger charge is 2.23. The summed E-state index contributed by atoms with van der Waals surface area (Å²) in [5.41, 5.74) is 3.95. The number of amides is 1. The van der Waals surface area contributed by atoms with Gasteiger partial charge in [-0.25, -0.2) is 0 Å². The van der Waals surface area contributed by atoms with Crippen molar-refractivity contribution >= 4 is 21.8 Å². The first kappa shape index (κ1) is 12.9. The predicted molar refractivity (Wildman–Crippen MR) is 78.0 cm³/mol. The van der Waals surface area contributed by atoms with E-state index < -0.39 is 0 Å². The Bertz CT molecular complexity index is 523. The third-order valence-corrected chi connectivity index (χ3v) is 4.50. The first-order valence-corrected chi connectivity index (χ1v) is 7.63. The van der Waals surface area contributed by atoms with Gasteiger partial charge in [0.05, 0.1) is 5.56 Å². The highest BCUT2D eigenvalue weighted by atomic mass is 79.9. The quantitative estimate of drug-likeness (QED) is 0.741. The lowest BCUT2D eigenvalue weighted by molar-refractivity contribution is 0.0742. The first-order valence-electron chi connectivity index (χ1n) is 6.83. The number of pyridine rings is 1. The van der Waals surface area contributed by atoms with Crippen molar-refractivity contribution in [3.05, 3.63) is 39.6 Å². The number of aromatic nitrogens is 1. The van der Waals surface area contributed by atoms with Crippen molar-refractivity contribution in [1.82, 2.24) is 9.88 Å². The van der Waals surface area contributed by atoms with Crippen molar-refractivity contribution in [1.29, 1.82) is 0 Å². The molecule has 1 aliphatic heterocycles. The van der Waals surface area contributed by atoms with Gasteiger partial charge in [-0.3, -0.25) is 9.78 Å². The molecule has 3 nitrogen and oxygen atoms in total. The predicted octanol–water partition coefficient (Wildman–Crippen LogP) is 3.56. The molecular formula is C15H17BrN2O. The van der Waals surface area contributed by atoms with Gasteiger partial charge in [-0.1, -0.05) is 11.1 Å². The molecule has 1 saturated heterocycles. The second-order valence-electron chi connectivity index (χ2n) is 5.24. The average molecular weight is 321 g/mol. The lowest BCUT2D eigenvalue weighted by atomic mass is 9.84. The fourth-order valence-electron chi connectivity index (χ4n) is 2.75. The van der Waals surface area contributed by atoms with E-state index in [1.54, 1.807) is 23.5 Å². The van der Waals surface area contributed by atoms with Crippen molar-refractivity contribution in [3.63, 3.8) is 0 Å². The van der Waals surface area contributed by atoms with Gasteiger partial charge in [0.25, 0.3) is 5.91 Å². The molecule has 1 aromatic heterocycles. The zero-order valence-corrected chi connectivity index (χ0v) is 12.4. The molecule has 0 aromatic carbocycles. The summed E-state index contributed by atoms with van der Waals surface area (Å²) in [6.07, 6.45) is 9.40. The maximum atomic E-state index is 12.4. The van der Waals surface area contributed by atoms with Crippen LogP contribution >= 0.6 is 15.9 Å². The normalized spacial score (nSPS) is 19.3. The van der Waals surface area contributed by atoms with Gasteiger partial charge in [0.15, 0.2) is 0 Å². The van der Waals surface area contributed by atoms with Crippen LogP contribution in [0.3, 0.4) is 0 Å². The Kier molecular flexibility index (Phi) is 3.69. The van der Waals surface area contributed by atoms with E-state index in [9.17, 15) is 4.79 Å². The third-order valence-electron chi connectivity index (χ3n) is 4.06. The van der Waals surface area contributed by atoms with Crippen LogP contribution in [-0.4, -0.2) is 28.9 Å². The van der Waals surface area contributed by atoms with E-state index in [1.165, 1.54) is 19.3 Å². The Balaban J connectivity index is 1.66. The van der Waals surface area contributed by atoms with Gasteiger partial charge in [-0.15, -0.1) is 0 Å². The number of carbonyl (C=O) groups is 1. The lowest BCUT2D eigenvalue weighted by Gasteiger charge is -2.32. The number of carbonyl (C=O) groups excluding carboxylic acids is 1. The molecule has 100 valence electrons. The van der Waals surface area contributed by atoms with Crippen molar-refractivity contribution in [2.24, 2.45) is 0 Å². The minimum atomic E-state index is 0.103. The number of hydrogen-bond donors (Lipinski definition) is 0. The second kappa shape index (κ2) is 5.45. The van der Waals surface area contributed by atoms with E-state index in [-0.39, 0.29) is 5.91 Å². The lowest BCUT2D eigenvalue weighted by Crippen LogP contribution is -2.36. The standard InChI is InChI=1S/C15H17BrN2O/c16-14-8-13(9-17-10-14)15(19)18-6-4-12(5-7-18)11-2-1-3-11/h8-10H,1-7H2. The molecule has 1 aliphatic carbocycles. The fraction of sp³-hybridized carbons (Fsp3) is 0.467. The summed E-state index contributed by atoms with van der Waals surface area (Å²) in [5, 5.41) is 0. The second-order valence-corrected chi connectivity index (χ2v) is 6.16. The van der Waals surface area contributed by atoms with E-state index in [0.717, 1.165) is 30.4 Å². The Morgan fingerprint density at radius 3 is 2.37 bits per heavy atom. The molecule has 4 heteroatoms. The molecule has 2 heterocycles. The molecule has 2 aliphatic rings. The SMILES string of the molecule is O=C(c1cncc(Br)c1)N1CCC(=C2CCC2)CC1.